The Morgan fingerprint density at radius 2 is 1.71 bits per heavy atom. The van der Waals surface area contributed by atoms with Crippen LogP contribution < -0.4 is 5.32 Å². The first kappa shape index (κ1) is 17.5. The van der Waals surface area contributed by atoms with Crippen molar-refractivity contribution in [3.8, 4) is 0 Å². The molecule has 0 aliphatic rings. The number of rotatable bonds is 9. The number of carbonyl (C=O) groups excluding carboxylic acids is 1. The molecule has 0 heterocycles. The van der Waals surface area contributed by atoms with Crippen LogP contribution in [0.3, 0.4) is 0 Å². The third-order valence-electron chi connectivity index (χ3n) is 2.95. The van der Waals surface area contributed by atoms with Crippen LogP contribution in [0.1, 0.15) is 32.8 Å². The maximum Gasteiger partial charge on any atom is 0.407 e. The molecule has 21 heavy (non-hydrogen) atoms. The lowest BCUT2D eigenvalue weighted by molar-refractivity contribution is -0.153. The van der Waals surface area contributed by atoms with Crippen molar-refractivity contribution in [2.24, 2.45) is 0 Å². The lowest BCUT2D eigenvalue weighted by atomic mass is 10.2. The molecule has 1 N–H and O–H groups in total. The van der Waals surface area contributed by atoms with E-state index in [-0.39, 0.29) is 12.6 Å². The van der Waals surface area contributed by atoms with Gasteiger partial charge in [0.1, 0.15) is 6.61 Å². The predicted octanol–water partition coefficient (Wildman–Crippen LogP) is 3.09. The molecule has 1 aromatic rings. The van der Waals surface area contributed by atoms with Gasteiger partial charge in [-0.05, 0) is 25.8 Å². The molecule has 1 atom stereocenters. The maximum atomic E-state index is 11.9. The molecule has 0 aliphatic carbocycles. The van der Waals surface area contributed by atoms with E-state index in [4.69, 9.17) is 14.2 Å². The molecule has 1 rings (SSSR count). The van der Waals surface area contributed by atoms with E-state index in [0.717, 1.165) is 5.56 Å². The van der Waals surface area contributed by atoms with Gasteiger partial charge in [0.25, 0.3) is 0 Å². The summed E-state index contributed by atoms with van der Waals surface area (Å²) in [5, 5.41) is 2.80. The summed E-state index contributed by atoms with van der Waals surface area (Å²) in [5.41, 5.74) is 0.951. The molecular weight excluding hydrogens is 270 g/mol. The monoisotopic (exact) mass is 295 g/mol. The number of ether oxygens (including phenoxy) is 3. The van der Waals surface area contributed by atoms with Crippen molar-refractivity contribution in [2.75, 3.05) is 13.2 Å². The van der Waals surface area contributed by atoms with E-state index in [2.05, 4.69) is 5.32 Å². The molecule has 5 heteroatoms. The molecule has 118 valence electrons. The predicted molar refractivity (Wildman–Crippen MR) is 80.9 cm³/mol. The zero-order valence-corrected chi connectivity index (χ0v) is 13.0. The van der Waals surface area contributed by atoms with Crippen molar-refractivity contribution in [1.82, 2.24) is 5.32 Å². The van der Waals surface area contributed by atoms with E-state index < -0.39 is 12.4 Å². The van der Waals surface area contributed by atoms with Gasteiger partial charge in [0.2, 0.25) is 0 Å². The quantitative estimate of drug-likeness (QED) is 0.711. The smallest absolute Gasteiger partial charge is 0.407 e. The average molecular weight is 295 g/mol. The Labute approximate surface area is 126 Å². The van der Waals surface area contributed by atoms with Crippen molar-refractivity contribution in [3.63, 3.8) is 0 Å². The van der Waals surface area contributed by atoms with Gasteiger partial charge in [0.15, 0.2) is 6.29 Å². The Kier molecular flexibility index (Phi) is 8.47. The van der Waals surface area contributed by atoms with Crippen LogP contribution in [0.4, 0.5) is 4.79 Å². The Balaban J connectivity index is 2.45. The molecular formula is C16H25NO4. The topological polar surface area (TPSA) is 56.8 Å². The third kappa shape index (κ3) is 6.60. The summed E-state index contributed by atoms with van der Waals surface area (Å²) in [4.78, 5) is 11.9. The second kappa shape index (κ2) is 10.2. The molecule has 1 aromatic carbocycles. The molecule has 0 aliphatic heterocycles. The molecule has 0 saturated heterocycles. The molecule has 0 spiro atoms. The van der Waals surface area contributed by atoms with E-state index in [9.17, 15) is 4.79 Å². The maximum absolute atomic E-state index is 11.9. The first-order chi connectivity index (χ1) is 10.2. The SMILES string of the molecule is CCOC(OCC)[C@H](CC)NC(=O)OCc1ccccc1. The lowest BCUT2D eigenvalue weighted by Crippen LogP contribution is -2.45. The van der Waals surface area contributed by atoms with E-state index >= 15 is 0 Å². The number of benzene rings is 1. The number of amides is 1. The molecule has 0 saturated carbocycles. The Morgan fingerprint density at radius 1 is 1.10 bits per heavy atom. The van der Waals surface area contributed by atoms with Gasteiger partial charge in [-0.15, -0.1) is 0 Å². The highest BCUT2D eigenvalue weighted by atomic mass is 16.7. The summed E-state index contributed by atoms with van der Waals surface area (Å²) < 4.78 is 16.2. The van der Waals surface area contributed by atoms with E-state index in [1.807, 2.05) is 51.1 Å². The highest BCUT2D eigenvalue weighted by Crippen LogP contribution is 2.07. The molecule has 0 unspecified atom stereocenters. The van der Waals surface area contributed by atoms with E-state index in [1.165, 1.54) is 0 Å². The fourth-order valence-corrected chi connectivity index (χ4v) is 1.89. The highest BCUT2D eigenvalue weighted by Gasteiger charge is 2.23. The van der Waals surface area contributed by atoms with Crippen LogP contribution >= 0.6 is 0 Å². The van der Waals surface area contributed by atoms with Gasteiger partial charge in [-0.3, -0.25) is 0 Å². The van der Waals surface area contributed by atoms with Gasteiger partial charge >= 0.3 is 6.09 Å². The largest absolute Gasteiger partial charge is 0.445 e. The van der Waals surface area contributed by atoms with Gasteiger partial charge < -0.3 is 19.5 Å². The fraction of sp³-hybridized carbons (Fsp3) is 0.562. The highest BCUT2D eigenvalue weighted by molar-refractivity contribution is 5.67. The van der Waals surface area contributed by atoms with E-state index in [1.54, 1.807) is 0 Å². The minimum atomic E-state index is -0.463. The minimum Gasteiger partial charge on any atom is -0.445 e. The average Bonchev–Trinajstić information content (AvgIpc) is 2.51. The van der Waals surface area contributed by atoms with Crippen LogP contribution in [0.5, 0.6) is 0 Å². The van der Waals surface area contributed by atoms with Crippen LogP contribution in [-0.2, 0) is 20.8 Å². The second-order valence-electron chi connectivity index (χ2n) is 4.50. The Hall–Kier alpha value is -1.59. The number of nitrogens with one attached hydrogen (secondary N) is 1. The van der Waals surface area contributed by atoms with E-state index in [0.29, 0.717) is 19.6 Å². The van der Waals surface area contributed by atoms with Crippen LogP contribution in [0.15, 0.2) is 30.3 Å². The first-order valence-electron chi connectivity index (χ1n) is 7.41. The molecule has 0 aromatic heterocycles. The zero-order chi connectivity index (χ0) is 15.5. The van der Waals surface area contributed by atoms with Crippen molar-refractivity contribution < 1.29 is 19.0 Å². The molecule has 0 fully saturated rings. The van der Waals surface area contributed by atoms with Crippen molar-refractivity contribution >= 4 is 6.09 Å². The van der Waals surface area contributed by atoms with Crippen molar-refractivity contribution in [2.45, 2.75) is 46.1 Å². The molecule has 0 radical (unpaired) electrons. The molecule has 1 amide bonds. The number of alkyl carbamates (subject to hydrolysis) is 1. The van der Waals surface area contributed by atoms with Crippen LogP contribution in [0.25, 0.3) is 0 Å². The Morgan fingerprint density at radius 3 is 2.24 bits per heavy atom. The summed E-state index contributed by atoms with van der Waals surface area (Å²) in [6.07, 6.45) is -0.213. The lowest BCUT2D eigenvalue weighted by Gasteiger charge is -2.26. The van der Waals surface area contributed by atoms with Crippen molar-refractivity contribution in [1.29, 1.82) is 0 Å². The first-order valence-corrected chi connectivity index (χ1v) is 7.41. The van der Waals surface area contributed by atoms with Crippen molar-refractivity contribution in [3.05, 3.63) is 35.9 Å². The summed E-state index contributed by atoms with van der Waals surface area (Å²) >= 11 is 0. The van der Waals surface area contributed by atoms with Gasteiger partial charge in [0.05, 0.1) is 6.04 Å². The standard InChI is InChI=1S/C16H25NO4/c1-4-14(15(19-5-2)20-6-3)17-16(18)21-12-13-10-8-7-9-11-13/h7-11,14-15H,4-6,12H2,1-3H3,(H,17,18)/t14-/m0/s1. The normalized spacial score (nSPS) is 12.2. The van der Waals surface area contributed by atoms with Gasteiger partial charge in [-0.25, -0.2) is 4.79 Å². The van der Waals surface area contributed by atoms with Gasteiger partial charge in [0, 0.05) is 13.2 Å². The summed E-state index contributed by atoms with van der Waals surface area (Å²) in [7, 11) is 0. The van der Waals surface area contributed by atoms with Gasteiger partial charge in [-0.1, -0.05) is 37.3 Å². The second-order valence-corrected chi connectivity index (χ2v) is 4.50. The number of hydrogen-bond acceptors (Lipinski definition) is 4. The summed E-state index contributed by atoms with van der Waals surface area (Å²) in [6, 6.07) is 9.33. The Bertz CT molecular complexity index is 391. The van der Waals surface area contributed by atoms with Crippen LogP contribution in [0, 0.1) is 0 Å². The number of hydrogen-bond donors (Lipinski definition) is 1. The summed E-state index contributed by atoms with van der Waals surface area (Å²) in [6.45, 7) is 7.06. The molecule has 5 nitrogen and oxygen atoms in total. The van der Waals surface area contributed by atoms with Crippen LogP contribution in [0.2, 0.25) is 0 Å². The minimum absolute atomic E-state index is 0.229. The molecule has 0 bridgehead atoms. The number of carbonyl (C=O) groups is 1. The third-order valence-corrected chi connectivity index (χ3v) is 2.95. The fourth-order valence-electron chi connectivity index (χ4n) is 1.89. The summed E-state index contributed by atoms with van der Waals surface area (Å²) in [5.74, 6) is 0. The van der Waals surface area contributed by atoms with Crippen LogP contribution in [-0.4, -0.2) is 31.6 Å². The van der Waals surface area contributed by atoms with Gasteiger partial charge in [-0.2, -0.15) is 0 Å². The zero-order valence-electron chi connectivity index (χ0n) is 13.0.